The number of carbonyl (C=O) groups excluding carboxylic acids is 1. The minimum absolute atomic E-state index is 0.0633. The zero-order valence-electron chi connectivity index (χ0n) is 13.1. The van der Waals surface area contributed by atoms with Gasteiger partial charge in [0.2, 0.25) is 0 Å². The number of alkyl halides is 3. The number of para-hydroxylation sites is 1. The maximum absolute atomic E-state index is 12.7. The van der Waals surface area contributed by atoms with Crippen molar-refractivity contribution in [2.45, 2.75) is 12.7 Å². The first-order valence-corrected chi connectivity index (χ1v) is 7.02. The summed E-state index contributed by atoms with van der Waals surface area (Å²) in [6.45, 7) is 0.0927. The van der Waals surface area contributed by atoms with E-state index in [0.29, 0.717) is 17.1 Å². The predicted octanol–water partition coefficient (Wildman–Crippen LogP) is 3.65. The van der Waals surface area contributed by atoms with E-state index < -0.39 is 17.6 Å². The summed E-state index contributed by atoms with van der Waals surface area (Å²) in [5, 5.41) is 2.58. The third kappa shape index (κ3) is 3.98. The molecule has 0 aromatic heterocycles. The summed E-state index contributed by atoms with van der Waals surface area (Å²) < 4.78 is 48.5. The molecule has 2 rings (SSSR count). The Labute approximate surface area is 137 Å². The van der Waals surface area contributed by atoms with Gasteiger partial charge in [-0.15, -0.1) is 0 Å². The van der Waals surface area contributed by atoms with Crippen molar-refractivity contribution >= 4 is 5.91 Å². The molecule has 0 radical (unpaired) electrons. The lowest BCUT2D eigenvalue weighted by molar-refractivity contribution is -0.137. The van der Waals surface area contributed by atoms with E-state index in [1.807, 2.05) is 0 Å². The Balaban J connectivity index is 2.15. The number of halogens is 3. The summed E-state index contributed by atoms with van der Waals surface area (Å²) in [4.78, 5) is 12.1. The maximum Gasteiger partial charge on any atom is 0.416 e. The molecule has 2 aromatic rings. The summed E-state index contributed by atoms with van der Waals surface area (Å²) in [6, 6.07) is 9.43. The van der Waals surface area contributed by atoms with Gasteiger partial charge >= 0.3 is 6.18 Å². The first kappa shape index (κ1) is 17.7. The average Bonchev–Trinajstić information content (AvgIpc) is 2.58. The number of nitrogens with one attached hydrogen (secondary N) is 1. The summed E-state index contributed by atoms with van der Waals surface area (Å²) in [5.41, 5.74) is -0.280. The van der Waals surface area contributed by atoms with E-state index in [1.54, 1.807) is 18.2 Å². The maximum atomic E-state index is 12.7. The van der Waals surface area contributed by atoms with Crippen molar-refractivity contribution in [3.05, 3.63) is 59.2 Å². The van der Waals surface area contributed by atoms with Gasteiger partial charge in [0.25, 0.3) is 5.91 Å². The molecule has 24 heavy (non-hydrogen) atoms. The highest BCUT2D eigenvalue weighted by Crippen LogP contribution is 2.31. The molecule has 7 heteroatoms. The minimum atomic E-state index is -4.49. The van der Waals surface area contributed by atoms with E-state index in [1.165, 1.54) is 26.4 Å². The Morgan fingerprint density at radius 2 is 1.79 bits per heavy atom. The van der Waals surface area contributed by atoms with Crippen LogP contribution in [0.3, 0.4) is 0 Å². The van der Waals surface area contributed by atoms with Crippen molar-refractivity contribution in [3.8, 4) is 11.5 Å². The van der Waals surface area contributed by atoms with Gasteiger partial charge < -0.3 is 14.8 Å². The third-order valence-electron chi connectivity index (χ3n) is 3.38. The second-order valence-corrected chi connectivity index (χ2v) is 4.91. The van der Waals surface area contributed by atoms with Gasteiger partial charge in [0.1, 0.15) is 0 Å². The summed E-state index contributed by atoms with van der Waals surface area (Å²) in [7, 11) is 2.96. The molecule has 0 bridgehead atoms. The van der Waals surface area contributed by atoms with Gasteiger partial charge in [-0.05, 0) is 24.3 Å². The highest BCUT2D eigenvalue weighted by Gasteiger charge is 2.30. The largest absolute Gasteiger partial charge is 0.493 e. The molecule has 0 aliphatic heterocycles. The average molecular weight is 339 g/mol. The fourth-order valence-electron chi connectivity index (χ4n) is 2.21. The molecule has 0 saturated carbocycles. The fourth-order valence-corrected chi connectivity index (χ4v) is 2.21. The fraction of sp³-hybridized carbons (Fsp3) is 0.235. The lowest BCUT2D eigenvalue weighted by Gasteiger charge is -2.13. The first-order valence-electron chi connectivity index (χ1n) is 7.02. The molecule has 0 aliphatic carbocycles. The molecule has 0 fully saturated rings. The van der Waals surface area contributed by atoms with Crippen LogP contribution in [0.2, 0.25) is 0 Å². The van der Waals surface area contributed by atoms with Crippen molar-refractivity contribution < 1.29 is 27.4 Å². The smallest absolute Gasteiger partial charge is 0.416 e. The molecule has 0 spiro atoms. The van der Waals surface area contributed by atoms with Crippen LogP contribution in [0, 0.1) is 0 Å². The van der Waals surface area contributed by atoms with E-state index in [4.69, 9.17) is 9.47 Å². The second-order valence-electron chi connectivity index (χ2n) is 4.91. The molecule has 0 heterocycles. The Hall–Kier alpha value is -2.70. The monoisotopic (exact) mass is 339 g/mol. The molecule has 0 atom stereocenters. The first-order chi connectivity index (χ1) is 11.4. The Kier molecular flexibility index (Phi) is 5.33. The SMILES string of the molecule is COc1cccc(CNC(=O)c2cccc(C(F)(F)F)c2)c1OC. The summed E-state index contributed by atoms with van der Waals surface area (Å²) in [6.07, 6.45) is -4.49. The molecule has 1 N–H and O–H groups in total. The van der Waals surface area contributed by atoms with Crippen molar-refractivity contribution in [2.24, 2.45) is 0 Å². The molecule has 128 valence electrons. The quantitative estimate of drug-likeness (QED) is 0.904. The molecular weight excluding hydrogens is 323 g/mol. The molecule has 4 nitrogen and oxygen atoms in total. The highest BCUT2D eigenvalue weighted by atomic mass is 19.4. The van der Waals surface area contributed by atoms with Crippen LogP contribution in [0.15, 0.2) is 42.5 Å². The Bertz CT molecular complexity index is 729. The van der Waals surface area contributed by atoms with Gasteiger partial charge in [0.05, 0.1) is 19.8 Å². The van der Waals surface area contributed by atoms with E-state index in [0.717, 1.165) is 12.1 Å². The van der Waals surface area contributed by atoms with Crippen molar-refractivity contribution in [1.82, 2.24) is 5.32 Å². The highest BCUT2D eigenvalue weighted by molar-refractivity contribution is 5.94. The summed E-state index contributed by atoms with van der Waals surface area (Å²) >= 11 is 0. The van der Waals surface area contributed by atoms with Crippen LogP contribution in [-0.2, 0) is 12.7 Å². The molecule has 2 aromatic carbocycles. The minimum Gasteiger partial charge on any atom is -0.493 e. The number of benzene rings is 2. The zero-order chi connectivity index (χ0) is 17.7. The van der Waals surface area contributed by atoms with Crippen LogP contribution in [0.5, 0.6) is 11.5 Å². The number of hydrogen-bond acceptors (Lipinski definition) is 3. The van der Waals surface area contributed by atoms with Crippen LogP contribution in [-0.4, -0.2) is 20.1 Å². The van der Waals surface area contributed by atoms with E-state index in [-0.39, 0.29) is 12.1 Å². The molecule has 0 saturated heterocycles. The van der Waals surface area contributed by atoms with Crippen LogP contribution in [0.25, 0.3) is 0 Å². The molecule has 0 aliphatic rings. The van der Waals surface area contributed by atoms with Gasteiger partial charge in [-0.25, -0.2) is 0 Å². The normalized spacial score (nSPS) is 11.0. The molecule has 0 unspecified atom stereocenters. The number of amides is 1. The van der Waals surface area contributed by atoms with E-state index >= 15 is 0 Å². The van der Waals surface area contributed by atoms with Crippen LogP contribution in [0.4, 0.5) is 13.2 Å². The number of carbonyl (C=O) groups is 1. The van der Waals surface area contributed by atoms with Crippen LogP contribution in [0.1, 0.15) is 21.5 Å². The standard InChI is InChI=1S/C17H16F3NO3/c1-23-14-8-4-6-12(15(14)24-2)10-21-16(22)11-5-3-7-13(9-11)17(18,19)20/h3-9H,10H2,1-2H3,(H,21,22). The van der Waals surface area contributed by atoms with Crippen molar-refractivity contribution in [2.75, 3.05) is 14.2 Å². The summed E-state index contributed by atoms with van der Waals surface area (Å²) in [5.74, 6) is 0.360. The zero-order valence-corrected chi connectivity index (χ0v) is 13.1. The second kappa shape index (κ2) is 7.25. The Morgan fingerprint density at radius 3 is 2.42 bits per heavy atom. The number of rotatable bonds is 5. The van der Waals surface area contributed by atoms with Crippen LogP contribution >= 0.6 is 0 Å². The van der Waals surface area contributed by atoms with Gasteiger partial charge in [0.15, 0.2) is 11.5 Å². The van der Waals surface area contributed by atoms with Crippen LogP contribution < -0.4 is 14.8 Å². The van der Waals surface area contributed by atoms with Gasteiger partial charge in [-0.1, -0.05) is 18.2 Å². The van der Waals surface area contributed by atoms with E-state index in [9.17, 15) is 18.0 Å². The van der Waals surface area contributed by atoms with E-state index in [2.05, 4.69) is 5.32 Å². The third-order valence-corrected chi connectivity index (χ3v) is 3.38. The topological polar surface area (TPSA) is 47.6 Å². The number of methoxy groups -OCH3 is 2. The number of hydrogen-bond donors (Lipinski definition) is 1. The lowest BCUT2D eigenvalue weighted by atomic mass is 10.1. The van der Waals surface area contributed by atoms with Gasteiger partial charge in [-0.3, -0.25) is 4.79 Å². The predicted molar refractivity (Wildman–Crippen MR) is 82.2 cm³/mol. The lowest BCUT2D eigenvalue weighted by Crippen LogP contribution is -2.23. The number of ether oxygens (including phenoxy) is 2. The molecule has 1 amide bonds. The van der Waals surface area contributed by atoms with Gasteiger partial charge in [0, 0.05) is 17.7 Å². The molecular formula is C17H16F3NO3. The van der Waals surface area contributed by atoms with Gasteiger partial charge in [-0.2, -0.15) is 13.2 Å². The van der Waals surface area contributed by atoms with Crippen molar-refractivity contribution in [3.63, 3.8) is 0 Å². The van der Waals surface area contributed by atoms with Crippen molar-refractivity contribution in [1.29, 1.82) is 0 Å². The Morgan fingerprint density at radius 1 is 1.08 bits per heavy atom.